The molecule has 0 radical (unpaired) electrons. The first-order valence-electron chi connectivity index (χ1n) is 7.34. The molecule has 0 amide bonds. The van der Waals surface area contributed by atoms with E-state index in [1.165, 1.54) is 37.0 Å². The van der Waals surface area contributed by atoms with E-state index < -0.39 is 6.10 Å². The number of ketones is 1. The van der Waals surface area contributed by atoms with Crippen LogP contribution in [0.1, 0.15) is 63.9 Å². The average Bonchev–Trinajstić information content (AvgIpc) is 2.43. The summed E-state index contributed by atoms with van der Waals surface area (Å²) in [5.74, 6) is 0.558. The Morgan fingerprint density at radius 3 is 2.48 bits per heavy atom. The molecule has 1 fully saturated rings. The van der Waals surface area contributed by atoms with Crippen molar-refractivity contribution in [3.05, 3.63) is 64.2 Å². The van der Waals surface area contributed by atoms with Crippen LogP contribution in [0.25, 0.3) is 0 Å². The van der Waals surface area contributed by atoms with Crippen molar-refractivity contribution in [2.45, 2.75) is 31.3 Å². The third-order valence-electron chi connectivity index (χ3n) is 4.77. The van der Waals surface area contributed by atoms with E-state index in [1.54, 1.807) is 6.07 Å². The van der Waals surface area contributed by atoms with Crippen LogP contribution in [0.2, 0.25) is 0 Å². The third kappa shape index (κ3) is 1.81. The maximum Gasteiger partial charge on any atom is 0.193 e. The Bertz CT molecular complexity index is 744. The summed E-state index contributed by atoms with van der Waals surface area (Å²) in [6, 6.07) is 10.4. The Morgan fingerprint density at radius 1 is 0.952 bits per heavy atom. The van der Waals surface area contributed by atoms with Gasteiger partial charge in [0, 0.05) is 11.1 Å². The summed E-state index contributed by atoms with van der Waals surface area (Å²) >= 11 is 0. The van der Waals surface area contributed by atoms with Crippen molar-refractivity contribution in [2.75, 3.05) is 0 Å². The summed E-state index contributed by atoms with van der Waals surface area (Å²) in [5.41, 5.74) is 3.41. The summed E-state index contributed by atoms with van der Waals surface area (Å²) in [6.07, 6.45) is 2.76. The van der Waals surface area contributed by atoms with Crippen molar-refractivity contribution in [3.8, 4) is 5.75 Å². The second-order valence-electron chi connectivity index (χ2n) is 5.98. The van der Waals surface area contributed by atoms with Gasteiger partial charge in [-0.1, -0.05) is 18.6 Å². The molecule has 2 aliphatic rings. The summed E-state index contributed by atoms with van der Waals surface area (Å²) < 4.78 is 0. The number of hydrogen-bond acceptors (Lipinski definition) is 3. The molecule has 2 N–H and O–H groups in total. The van der Waals surface area contributed by atoms with E-state index >= 15 is 0 Å². The molecule has 0 spiro atoms. The fourth-order valence-electron chi connectivity index (χ4n) is 3.30. The van der Waals surface area contributed by atoms with Crippen molar-refractivity contribution in [2.24, 2.45) is 0 Å². The lowest BCUT2D eigenvalue weighted by molar-refractivity contribution is 0.101. The second-order valence-corrected chi connectivity index (χ2v) is 5.98. The third-order valence-corrected chi connectivity index (χ3v) is 4.77. The van der Waals surface area contributed by atoms with Gasteiger partial charge in [-0.05, 0) is 59.7 Å². The van der Waals surface area contributed by atoms with Crippen LogP contribution in [0.15, 0.2) is 36.4 Å². The number of fused-ring (bicyclic) bond motifs is 2. The van der Waals surface area contributed by atoms with Crippen LogP contribution in [0.5, 0.6) is 5.75 Å². The number of hydrogen-bond donors (Lipinski definition) is 2. The normalized spacial score (nSPS) is 20.6. The topological polar surface area (TPSA) is 57.5 Å². The Balaban J connectivity index is 1.85. The van der Waals surface area contributed by atoms with Gasteiger partial charge < -0.3 is 10.2 Å². The minimum Gasteiger partial charge on any atom is -0.508 e. The molecule has 0 saturated heterocycles. The van der Waals surface area contributed by atoms with Gasteiger partial charge in [-0.2, -0.15) is 0 Å². The van der Waals surface area contributed by atoms with Crippen molar-refractivity contribution in [3.63, 3.8) is 0 Å². The molecule has 3 heteroatoms. The number of aromatic hydroxyl groups is 1. The average molecular weight is 280 g/mol. The molecule has 1 atom stereocenters. The van der Waals surface area contributed by atoms with Gasteiger partial charge in [-0.3, -0.25) is 4.79 Å². The van der Waals surface area contributed by atoms with E-state index in [-0.39, 0.29) is 11.5 Å². The van der Waals surface area contributed by atoms with Crippen molar-refractivity contribution in [1.82, 2.24) is 0 Å². The zero-order valence-electron chi connectivity index (χ0n) is 11.5. The van der Waals surface area contributed by atoms with Gasteiger partial charge in [0.05, 0.1) is 0 Å². The summed E-state index contributed by atoms with van der Waals surface area (Å²) in [7, 11) is 0. The van der Waals surface area contributed by atoms with Crippen LogP contribution in [-0.4, -0.2) is 16.0 Å². The number of phenolic OH excluding ortho intramolecular Hbond substituents is 1. The van der Waals surface area contributed by atoms with Crippen LogP contribution in [0, 0.1) is 0 Å². The van der Waals surface area contributed by atoms with Gasteiger partial charge in [-0.25, -0.2) is 0 Å². The predicted molar refractivity (Wildman–Crippen MR) is 78.6 cm³/mol. The molecular formula is C18H16O3. The molecule has 0 heterocycles. The molecule has 0 bridgehead atoms. The molecule has 106 valence electrons. The van der Waals surface area contributed by atoms with Crippen molar-refractivity contribution < 1.29 is 15.0 Å². The minimum absolute atomic E-state index is 0.0635. The minimum atomic E-state index is -0.852. The number of carbonyl (C=O) groups excluding carboxylic acids is 1. The number of aliphatic hydroxyl groups excluding tert-OH is 1. The second kappa shape index (κ2) is 4.43. The van der Waals surface area contributed by atoms with Crippen LogP contribution < -0.4 is 0 Å². The molecule has 0 aliphatic heterocycles. The molecule has 1 saturated carbocycles. The maximum absolute atomic E-state index is 12.7. The molecule has 4 rings (SSSR count). The lowest BCUT2D eigenvalue weighted by Crippen LogP contribution is -2.20. The molecule has 1 unspecified atom stereocenters. The van der Waals surface area contributed by atoms with Crippen LogP contribution in [0.3, 0.4) is 0 Å². The Hall–Kier alpha value is -2.13. The predicted octanol–water partition coefficient (Wildman–Crippen LogP) is 3.29. The van der Waals surface area contributed by atoms with E-state index in [1.807, 2.05) is 18.2 Å². The highest BCUT2D eigenvalue weighted by Crippen LogP contribution is 2.41. The van der Waals surface area contributed by atoms with E-state index in [4.69, 9.17) is 0 Å². The van der Waals surface area contributed by atoms with Crippen LogP contribution in [0.4, 0.5) is 0 Å². The summed E-state index contributed by atoms with van der Waals surface area (Å²) in [6.45, 7) is 0. The largest absolute Gasteiger partial charge is 0.508 e. The highest BCUT2D eigenvalue weighted by molar-refractivity contribution is 6.12. The number of rotatable bonds is 1. The van der Waals surface area contributed by atoms with Crippen LogP contribution >= 0.6 is 0 Å². The zero-order chi connectivity index (χ0) is 14.6. The van der Waals surface area contributed by atoms with Gasteiger partial charge in [0.15, 0.2) is 5.78 Å². The standard InChI is InChI=1S/C18H16O3/c19-12-5-7-14-16(9-12)18(21)13-6-4-11(10-2-1-3-10)8-15(13)17(14)20/h4-10,18-19,21H,1-3H2. The molecule has 2 aromatic carbocycles. The first-order chi connectivity index (χ1) is 10.1. The monoisotopic (exact) mass is 280 g/mol. The smallest absolute Gasteiger partial charge is 0.193 e. The Labute approximate surface area is 122 Å². The Morgan fingerprint density at radius 2 is 1.76 bits per heavy atom. The lowest BCUT2D eigenvalue weighted by atomic mass is 9.76. The quantitative estimate of drug-likeness (QED) is 0.842. The number of carbonyl (C=O) groups is 1. The molecule has 2 aliphatic carbocycles. The zero-order valence-corrected chi connectivity index (χ0v) is 11.5. The Kier molecular flexibility index (Phi) is 2.66. The van der Waals surface area contributed by atoms with Crippen LogP contribution in [-0.2, 0) is 0 Å². The van der Waals surface area contributed by atoms with E-state index in [0.29, 0.717) is 28.2 Å². The first-order valence-corrected chi connectivity index (χ1v) is 7.34. The van der Waals surface area contributed by atoms with Gasteiger partial charge in [0.1, 0.15) is 11.9 Å². The van der Waals surface area contributed by atoms with Crippen molar-refractivity contribution >= 4 is 5.78 Å². The number of phenols is 1. The van der Waals surface area contributed by atoms with E-state index in [2.05, 4.69) is 0 Å². The van der Waals surface area contributed by atoms with Gasteiger partial charge in [-0.15, -0.1) is 0 Å². The van der Waals surface area contributed by atoms with E-state index in [9.17, 15) is 15.0 Å². The van der Waals surface area contributed by atoms with Gasteiger partial charge in [0.2, 0.25) is 0 Å². The SMILES string of the molecule is O=C1c2cc(C3CCC3)ccc2C(O)c2cc(O)ccc21. The fraction of sp³-hybridized carbons (Fsp3) is 0.278. The molecule has 21 heavy (non-hydrogen) atoms. The molecule has 2 aromatic rings. The number of benzene rings is 2. The highest BCUT2D eigenvalue weighted by atomic mass is 16.3. The number of aliphatic hydroxyl groups is 1. The molecule has 0 aromatic heterocycles. The lowest BCUT2D eigenvalue weighted by Gasteiger charge is -2.29. The maximum atomic E-state index is 12.7. The van der Waals surface area contributed by atoms with Crippen molar-refractivity contribution in [1.29, 1.82) is 0 Å². The summed E-state index contributed by atoms with van der Waals surface area (Å²) in [4.78, 5) is 12.7. The molecule has 3 nitrogen and oxygen atoms in total. The van der Waals surface area contributed by atoms with Gasteiger partial charge in [0.25, 0.3) is 0 Å². The molecular weight excluding hydrogens is 264 g/mol. The van der Waals surface area contributed by atoms with Gasteiger partial charge >= 0.3 is 0 Å². The summed E-state index contributed by atoms with van der Waals surface area (Å²) in [5, 5.41) is 20.1. The highest BCUT2D eigenvalue weighted by Gasteiger charge is 2.31. The first kappa shape index (κ1) is 12.6. The van der Waals surface area contributed by atoms with E-state index in [0.717, 1.165) is 0 Å². The fourth-order valence-corrected chi connectivity index (χ4v) is 3.30.